The first kappa shape index (κ1) is 21.1. The highest BCUT2D eigenvalue weighted by molar-refractivity contribution is 5.91. The highest BCUT2D eigenvalue weighted by Crippen LogP contribution is 2.36. The third kappa shape index (κ3) is 6.17. The maximum absolute atomic E-state index is 12.2. The Bertz CT molecular complexity index is 828. The van der Waals surface area contributed by atoms with Gasteiger partial charge in [-0.1, -0.05) is 20.3 Å². The molecule has 8 heteroatoms. The van der Waals surface area contributed by atoms with Gasteiger partial charge in [0.1, 0.15) is 6.10 Å². The quantitative estimate of drug-likeness (QED) is 0.628. The van der Waals surface area contributed by atoms with E-state index >= 15 is 0 Å². The lowest BCUT2D eigenvalue weighted by atomic mass is 10.0. The van der Waals surface area contributed by atoms with Crippen LogP contribution in [0.4, 0.5) is 5.82 Å². The SMILES string of the molecule is CC[C@H](C)CCC(=O)OC1CC[C@H](c2cc(NC(=O)Cc3cnn(C)c3)n[nH]2)C1. The number of nitrogens with zero attached hydrogens (tertiary/aromatic N) is 3. The van der Waals surface area contributed by atoms with Crippen molar-refractivity contribution in [3.05, 3.63) is 29.7 Å². The third-order valence-electron chi connectivity index (χ3n) is 5.65. The topological polar surface area (TPSA) is 102 Å². The largest absolute Gasteiger partial charge is 0.462 e. The first-order valence-electron chi connectivity index (χ1n) is 10.4. The van der Waals surface area contributed by atoms with Crippen molar-refractivity contribution in [1.82, 2.24) is 20.0 Å². The van der Waals surface area contributed by atoms with Gasteiger partial charge in [-0.3, -0.25) is 19.4 Å². The Morgan fingerprint density at radius 3 is 2.97 bits per heavy atom. The molecule has 8 nitrogen and oxygen atoms in total. The number of aryl methyl sites for hydroxylation is 1. The van der Waals surface area contributed by atoms with Crippen LogP contribution < -0.4 is 5.32 Å². The molecule has 0 aromatic carbocycles. The van der Waals surface area contributed by atoms with E-state index < -0.39 is 0 Å². The molecule has 3 rings (SSSR count). The van der Waals surface area contributed by atoms with Crippen LogP contribution in [0.3, 0.4) is 0 Å². The summed E-state index contributed by atoms with van der Waals surface area (Å²) >= 11 is 0. The highest BCUT2D eigenvalue weighted by atomic mass is 16.5. The number of esters is 1. The van der Waals surface area contributed by atoms with E-state index in [0.717, 1.165) is 43.4 Å². The molecular weight excluding hydrogens is 370 g/mol. The van der Waals surface area contributed by atoms with Crippen molar-refractivity contribution in [3.63, 3.8) is 0 Å². The first-order valence-corrected chi connectivity index (χ1v) is 10.4. The van der Waals surface area contributed by atoms with Crippen LogP contribution in [0.5, 0.6) is 0 Å². The number of ether oxygens (including phenoxy) is 1. The second kappa shape index (κ2) is 9.71. The number of amides is 1. The summed E-state index contributed by atoms with van der Waals surface area (Å²) in [6, 6.07) is 1.87. The summed E-state index contributed by atoms with van der Waals surface area (Å²) in [7, 11) is 1.82. The zero-order valence-electron chi connectivity index (χ0n) is 17.5. The zero-order valence-corrected chi connectivity index (χ0v) is 17.5. The van der Waals surface area contributed by atoms with E-state index in [0.29, 0.717) is 18.2 Å². The van der Waals surface area contributed by atoms with Crippen LogP contribution in [-0.2, 0) is 27.8 Å². The number of nitrogens with one attached hydrogen (secondary N) is 2. The number of carbonyl (C=O) groups excluding carboxylic acids is 2. The lowest BCUT2D eigenvalue weighted by Crippen LogP contribution is -2.15. The predicted octanol–water partition coefficient (Wildman–Crippen LogP) is 3.33. The van der Waals surface area contributed by atoms with Crippen molar-refractivity contribution in [2.24, 2.45) is 13.0 Å². The van der Waals surface area contributed by atoms with Gasteiger partial charge in [0, 0.05) is 37.3 Å². The summed E-state index contributed by atoms with van der Waals surface area (Å²) in [4.78, 5) is 24.2. The van der Waals surface area contributed by atoms with E-state index in [2.05, 4.69) is 34.5 Å². The van der Waals surface area contributed by atoms with Gasteiger partial charge in [-0.25, -0.2) is 0 Å². The molecule has 2 aromatic heterocycles. The van der Waals surface area contributed by atoms with Crippen LogP contribution in [0, 0.1) is 5.92 Å². The molecule has 158 valence electrons. The molecule has 0 saturated heterocycles. The monoisotopic (exact) mass is 401 g/mol. The van der Waals surface area contributed by atoms with E-state index in [1.807, 2.05) is 19.3 Å². The lowest BCUT2D eigenvalue weighted by molar-refractivity contribution is -0.149. The van der Waals surface area contributed by atoms with Crippen molar-refractivity contribution >= 4 is 17.7 Å². The fraction of sp³-hybridized carbons (Fsp3) is 0.619. The minimum Gasteiger partial charge on any atom is -0.462 e. The number of aromatic amines is 1. The van der Waals surface area contributed by atoms with Gasteiger partial charge >= 0.3 is 5.97 Å². The molecule has 1 unspecified atom stereocenters. The summed E-state index contributed by atoms with van der Waals surface area (Å²) in [5.41, 5.74) is 1.83. The summed E-state index contributed by atoms with van der Waals surface area (Å²) in [6.45, 7) is 4.29. The predicted molar refractivity (Wildman–Crippen MR) is 109 cm³/mol. The van der Waals surface area contributed by atoms with Crippen molar-refractivity contribution in [3.8, 4) is 0 Å². The molecule has 1 aliphatic carbocycles. The fourth-order valence-electron chi connectivity index (χ4n) is 3.69. The summed E-state index contributed by atoms with van der Waals surface area (Å²) < 4.78 is 7.32. The van der Waals surface area contributed by atoms with Gasteiger partial charge < -0.3 is 10.1 Å². The van der Waals surface area contributed by atoms with Gasteiger partial charge in [-0.2, -0.15) is 10.2 Å². The molecule has 1 fully saturated rings. The molecule has 0 radical (unpaired) electrons. The van der Waals surface area contributed by atoms with Gasteiger partial charge in [0.2, 0.25) is 5.91 Å². The number of hydrogen-bond acceptors (Lipinski definition) is 5. The van der Waals surface area contributed by atoms with Crippen molar-refractivity contribution < 1.29 is 14.3 Å². The first-order chi connectivity index (χ1) is 13.9. The Morgan fingerprint density at radius 2 is 2.24 bits per heavy atom. The normalized spacial score (nSPS) is 19.8. The number of rotatable bonds is 9. The van der Waals surface area contributed by atoms with Crippen LogP contribution in [-0.4, -0.2) is 38.0 Å². The Morgan fingerprint density at radius 1 is 1.41 bits per heavy atom. The number of anilines is 1. The molecule has 0 spiro atoms. The maximum Gasteiger partial charge on any atom is 0.306 e. The molecular formula is C21H31N5O3. The van der Waals surface area contributed by atoms with Gasteiger partial charge in [-0.05, 0) is 37.2 Å². The summed E-state index contributed by atoms with van der Waals surface area (Å²) in [6.07, 6.45) is 8.78. The minimum atomic E-state index is -0.129. The fourth-order valence-corrected chi connectivity index (χ4v) is 3.69. The standard InChI is InChI=1S/C21H31N5O3/c1-4-14(2)5-8-21(28)29-17-7-6-16(10-17)18-11-19(25-24-18)23-20(27)9-15-12-22-26(3)13-15/h11-14,16-17H,4-10H2,1-3H3,(H2,23,24,25,27)/t14-,16-,17?/m0/s1. The lowest BCUT2D eigenvalue weighted by Gasteiger charge is -2.13. The van der Waals surface area contributed by atoms with Crippen molar-refractivity contribution in [2.75, 3.05) is 5.32 Å². The molecule has 29 heavy (non-hydrogen) atoms. The van der Waals surface area contributed by atoms with Crippen LogP contribution in [0.2, 0.25) is 0 Å². The average molecular weight is 402 g/mol. The number of aromatic nitrogens is 4. The Hall–Kier alpha value is -2.64. The van der Waals surface area contributed by atoms with Crippen LogP contribution in [0.25, 0.3) is 0 Å². The van der Waals surface area contributed by atoms with E-state index in [-0.39, 0.29) is 30.3 Å². The number of carbonyl (C=O) groups is 2. The van der Waals surface area contributed by atoms with Gasteiger partial charge in [-0.15, -0.1) is 0 Å². The average Bonchev–Trinajstić information content (AvgIpc) is 3.41. The van der Waals surface area contributed by atoms with Gasteiger partial charge in [0.15, 0.2) is 5.82 Å². The molecule has 2 heterocycles. The van der Waals surface area contributed by atoms with E-state index in [1.54, 1.807) is 10.9 Å². The van der Waals surface area contributed by atoms with E-state index in [4.69, 9.17) is 4.74 Å². The number of H-pyrrole nitrogens is 1. The third-order valence-corrected chi connectivity index (χ3v) is 5.65. The molecule has 0 bridgehead atoms. The van der Waals surface area contributed by atoms with E-state index in [9.17, 15) is 9.59 Å². The van der Waals surface area contributed by atoms with Crippen molar-refractivity contribution in [1.29, 1.82) is 0 Å². The molecule has 1 aliphatic rings. The van der Waals surface area contributed by atoms with Gasteiger partial charge in [0.25, 0.3) is 0 Å². The smallest absolute Gasteiger partial charge is 0.306 e. The molecule has 3 atom stereocenters. The molecule has 1 amide bonds. The van der Waals surface area contributed by atoms with Crippen LogP contribution in [0.1, 0.15) is 69.5 Å². The van der Waals surface area contributed by atoms with Crippen molar-refractivity contribution in [2.45, 2.75) is 70.8 Å². The van der Waals surface area contributed by atoms with Crippen LogP contribution in [0.15, 0.2) is 18.5 Å². The molecule has 1 saturated carbocycles. The maximum atomic E-state index is 12.2. The summed E-state index contributed by atoms with van der Waals surface area (Å²) in [5, 5.41) is 14.1. The highest BCUT2D eigenvalue weighted by Gasteiger charge is 2.30. The molecule has 2 N–H and O–H groups in total. The molecule has 2 aromatic rings. The minimum absolute atomic E-state index is 0.0312. The Labute approximate surface area is 171 Å². The zero-order chi connectivity index (χ0) is 20.8. The molecule has 0 aliphatic heterocycles. The second-order valence-electron chi connectivity index (χ2n) is 8.13. The number of hydrogen-bond donors (Lipinski definition) is 2. The van der Waals surface area contributed by atoms with Crippen LogP contribution >= 0.6 is 0 Å². The van der Waals surface area contributed by atoms with Gasteiger partial charge in [0.05, 0.1) is 12.6 Å². The Kier molecular flexibility index (Phi) is 7.06. The Balaban J connectivity index is 1.44. The van der Waals surface area contributed by atoms with E-state index in [1.165, 1.54) is 0 Å². The summed E-state index contributed by atoms with van der Waals surface area (Å²) in [5.74, 6) is 1.11. The second-order valence-corrected chi connectivity index (χ2v) is 8.13.